The molecule has 140 valence electrons. The largest absolute Gasteiger partial charge is 0.467 e. The van der Waals surface area contributed by atoms with Crippen LogP contribution in [0.25, 0.3) is 0 Å². The molecule has 1 amide bonds. The molecule has 0 unspecified atom stereocenters. The molecule has 0 saturated heterocycles. The Morgan fingerprint density at radius 3 is 2.52 bits per heavy atom. The SMILES string of the molecule is CN(Cc1ccco1)C(=O)c1cccc(NS(=O)(=O)c2ccc(Cl)cc2)c1. The molecule has 0 spiro atoms. The van der Waals surface area contributed by atoms with E-state index in [0.717, 1.165) is 0 Å². The number of rotatable bonds is 6. The van der Waals surface area contributed by atoms with Crippen LogP contribution < -0.4 is 4.72 Å². The predicted octanol–water partition coefficient (Wildman–Crippen LogP) is 4.01. The van der Waals surface area contributed by atoms with Crippen LogP contribution >= 0.6 is 11.6 Å². The average Bonchev–Trinajstić information content (AvgIpc) is 3.14. The van der Waals surface area contributed by atoms with Crippen molar-refractivity contribution in [3.8, 4) is 0 Å². The number of sulfonamides is 1. The topological polar surface area (TPSA) is 79.6 Å². The number of hydrogen-bond acceptors (Lipinski definition) is 4. The molecule has 0 aliphatic heterocycles. The third-order valence-corrected chi connectivity index (χ3v) is 5.45. The number of nitrogens with one attached hydrogen (secondary N) is 1. The third kappa shape index (κ3) is 4.69. The van der Waals surface area contributed by atoms with Crippen LogP contribution in [0.3, 0.4) is 0 Å². The van der Waals surface area contributed by atoms with Gasteiger partial charge in [-0.15, -0.1) is 0 Å². The van der Waals surface area contributed by atoms with E-state index >= 15 is 0 Å². The van der Waals surface area contributed by atoms with Crippen LogP contribution in [0.5, 0.6) is 0 Å². The Bertz CT molecular complexity index is 1030. The maximum atomic E-state index is 12.6. The minimum atomic E-state index is -3.78. The fraction of sp³-hybridized carbons (Fsp3) is 0.105. The van der Waals surface area contributed by atoms with Crippen molar-refractivity contribution in [1.82, 2.24) is 4.90 Å². The van der Waals surface area contributed by atoms with Crippen molar-refractivity contribution >= 4 is 33.2 Å². The van der Waals surface area contributed by atoms with Gasteiger partial charge in [0.1, 0.15) is 5.76 Å². The summed E-state index contributed by atoms with van der Waals surface area (Å²) in [5.41, 5.74) is 0.655. The lowest BCUT2D eigenvalue weighted by Crippen LogP contribution is -2.26. The van der Waals surface area contributed by atoms with Gasteiger partial charge >= 0.3 is 0 Å². The molecule has 0 bridgehead atoms. The second-order valence-electron chi connectivity index (χ2n) is 5.88. The Morgan fingerprint density at radius 1 is 1.11 bits per heavy atom. The highest BCUT2D eigenvalue weighted by Crippen LogP contribution is 2.20. The van der Waals surface area contributed by atoms with Crippen LogP contribution in [0.15, 0.2) is 76.2 Å². The van der Waals surface area contributed by atoms with E-state index in [4.69, 9.17) is 16.0 Å². The number of amides is 1. The lowest BCUT2D eigenvalue weighted by atomic mass is 10.2. The van der Waals surface area contributed by atoms with Crippen molar-refractivity contribution in [1.29, 1.82) is 0 Å². The Kier molecular flexibility index (Phi) is 5.53. The van der Waals surface area contributed by atoms with Gasteiger partial charge in [-0.05, 0) is 54.6 Å². The molecule has 8 heteroatoms. The van der Waals surface area contributed by atoms with Crippen LogP contribution in [0.4, 0.5) is 5.69 Å². The zero-order chi connectivity index (χ0) is 19.4. The van der Waals surface area contributed by atoms with E-state index in [1.54, 1.807) is 43.6 Å². The number of anilines is 1. The molecule has 0 aliphatic carbocycles. The summed E-state index contributed by atoms with van der Waals surface area (Å²) in [4.78, 5) is 14.2. The van der Waals surface area contributed by atoms with Gasteiger partial charge in [0.25, 0.3) is 15.9 Å². The first-order valence-corrected chi connectivity index (χ1v) is 9.87. The molecule has 1 aromatic heterocycles. The first kappa shape index (κ1) is 19.0. The maximum Gasteiger partial charge on any atom is 0.261 e. The van der Waals surface area contributed by atoms with Crippen LogP contribution in [0, 0.1) is 0 Å². The Balaban J connectivity index is 1.76. The van der Waals surface area contributed by atoms with E-state index in [2.05, 4.69) is 4.72 Å². The van der Waals surface area contributed by atoms with Crippen LogP contribution in [-0.2, 0) is 16.6 Å². The van der Waals surface area contributed by atoms with Crippen molar-refractivity contribution in [2.75, 3.05) is 11.8 Å². The number of halogens is 1. The molecule has 3 aromatic rings. The Labute approximate surface area is 162 Å². The normalized spacial score (nSPS) is 11.2. The first-order chi connectivity index (χ1) is 12.8. The second kappa shape index (κ2) is 7.85. The minimum absolute atomic E-state index is 0.0820. The van der Waals surface area contributed by atoms with E-state index in [1.807, 2.05) is 0 Å². The van der Waals surface area contributed by atoms with Crippen LogP contribution in [0.2, 0.25) is 5.02 Å². The van der Waals surface area contributed by atoms with Crippen molar-refractivity contribution in [2.24, 2.45) is 0 Å². The number of benzene rings is 2. The molecule has 0 radical (unpaired) electrons. The standard InChI is InChI=1S/C19H17ClN2O4S/c1-22(13-17-6-3-11-26-17)19(23)14-4-2-5-16(12-14)21-27(24,25)18-9-7-15(20)8-10-18/h2-12,21H,13H2,1H3. The first-order valence-electron chi connectivity index (χ1n) is 8.01. The van der Waals surface area contributed by atoms with Crippen molar-refractivity contribution < 1.29 is 17.6 Å². The minimum Gasteiger partial charge on any atom is -0.467 e. The molecule has 27 heavy (non-hydrogen) atoms. The van der Waals surface area contributed by atoms with E-state index < -0.39 is 10.0 Å². The molecule has 1 N–H and O–H groups in total. The summed E-state index contributed by atoms with van der Waals surface area (Å²) < 4.78 is 32.7. The molecular formula is C19H17ClN2O4S. The number of carbonyl (C=O) groups is 1. The number of carbonyl (C=O) groups excluding carboxylic acids is 1. The number of hydrogen-bond donors (Lipinski definition) is 1. The molecule has 0 saturated carbocycles. The van der Waals surface area contributed by atoms with E-state index in [-0.39, 0.29) is 10.8 Å². The molecule has 0 atom stereocenters. The van der Waals surface area contributed by atoms with Gasteiger partial charge in [-0.3, -0.25) is 9.52 Å². The van der Waals surface area contributed by atoms with Gasteiger partial charge in [0.15, 0.2) is 0 Å². The Morgan fingerprint density at radius 2 is 1.85 bits per heavy atom. The molecule has 2 aromatic carbocycles. The fourth-order valence-corrected chi connectivity index (χ4v) is 3.65. The quantitative estimate of drug-likeness (QED) is 0.673. The zero-order valence-electron chi connectivity index (χ0n) is 14.4. The highest BCUT2D eigenvalue weighted by Gasteiger charge is 2.17. The summed E-state index contributed by atoms with van der Waals surface area (Å²) in [6, 6.07) is 15.7. The predicted molar refractivity (Wildman–Crippen MR) is 103 cm³/mol. The summed E-state index contributed by atoms with van der Waals surface area (Å²) in [6.07, 6.45) is 1.54. The average molecular weight is 405 g/mol. The molecule has 3 rings (SSSR count). The maximum absolute atomic E-state index is 12.6. The molecule has 0 fully saturated rings. The lowest BCUT2D eigenvalue weighted by molar-refractivity contribution is 0.0775. The zero-order valence-corrected chi connectivity index (χ0v) is 16.0. The summed E-state index contributed by atoms with van der Waals surface area (Å²) in [6.45, 7) is 0.312. The van der Waals surface area contributed by atoms with E-state index in [1.165, 1.54) is 35.2 Å². The summed E-state index contributed by atoms with van der Waals surface area (Å²) >= 11 is 5.79. The lowest BCUT2D eigenvalue weighted by Gasteiger charge is -2.16. The second-order valence-corrected chi connectivity index (χ2v) is 8.00. The van der Waals surface area contributed by atoms with Gasteiger partial charge in [-0.1, -0.05) is 17.7 Å². The highest BCUT2D eigenvalue weighted by molar-refractivity contribution is 7.92. The summed E-state index contributed by atoms with van der Waals surface area (Å²) in [7, 11) is -2.13. The van der Waals surface area contributed by atoms with Crippen molar-refractivity contribution in [3.63, 3.8) is 0 Å². The summed E-state index contributed by atoms with van der Waals surface area (Å²) in [5, 5.41) is 0.445. The van der Waals surface area contributed by atoms with Crippen LogP contribution in [0.1, 0.15) is 16.1 Å². The number of furan rings is 1. The van der Waals surface area contributed by atoms with Gasteiger partial charge in [-0.2, -0.15) is 0 Å². The number of nitrogens with zero attached hydrogens (tertiary/aromatic N) is 1. The molecule has 1 heterocycles. The van der Waals surface area contributed by atoms with Gasteiger partial charge in [0.2, 0.25) is 0 Å². The van der Waals surface area contributed by atoms with Gasteiger partial charge in [0.05, 0.1) is 17.7 Å². The van der Waals surface area contributed by atoms with E-state index in [9.17, 15) is 13.2 Å². The molecule has 0 aliphatic rings. The fourth-order valence-electron chi connectivity index (χ4n) is 2.47. The van der Waals surface area contributed by atoms with Gasteiger partial charge < -0.3 is 9.32 Å². The monoisotopic (exact) mass is 404 g/mol. The smallest absolute Gasteiger partial charge is 0.261 e. The highest BCUT2D eigenvalue weighted by atomic mass is 35.5. The van der Waals surface area contributed by atoms with E-state index in [0.29, 0.717) is 28.6 Å². The van der Waals surface area contributed by atoms with Crippen LogP contribution in [-0.4, -0.2) is 26.3 Å². The third-order valence-electron chi connectivity index (χ3n) is 3.81. The molecule has 6 nitrogen and oxygen atoms in total. The van der Waals surface area contributed by atoms with Crippen molar-refractivity contribution in [3.05, 3.63) is 83.3 Å². The van der Waals surface area contributed by atoms with Crippen molar-refractivity contribution in [2.45, 2.75) is 11.4 Å². The Hall–Kier alpha value is -2.77. The summed E-state index contributed by atoms with van der Waals surface area (Å²) in [5.74, 6) is 0.407. The van der Waals surface area contributed by atoms with Gasteiger partial charge in [-0.25, -0.2) is 8.42 Å². The van der Waals surface area contributed by atoms with Gasteiger partial charge in [0, 0.05) is 23.3 Å². The molecular weight excluding hydrogens is 388 g/mol.